The Balaban J connectivity index is 4.78. The van der Waals surface area contributed by atoms with Gasteiger partial charge in [0.05, 0.1) is 5.76 Å². The second-order valence-electron chi connectivity index (χ2n) is 2.57. The highest BCUT2D eigenvalue weighted by atomic mass is 16.4. The number of carboxylic acid groups (broad SMARTS) is 1. The molecule has 0 fully saturated rings. The van der Waals surface area contributed by atoms with Crippen molar-refractivity contribution < 1.29 is 24.6 Å². The van der Waals surface area contributed by atoms with Gasteiger partial charge in [0, 0.05) is 6.08 Å². The summed E-state index contributed by atoms with van der Waals surface area (Å²) >= 11 is 0. The van der Waals surface area contributed by atoms with E-state index < -0.39 is 23.5 Å². The van der Waals surface area contributed by atoms with E-state index in [1.165, 1.54) is 6.92 Å². The maximum absolute atomic E-state index is 11.0. The molecule has 0 aromatic rings. The summed E-state index contributed by atoms with van der Waals surface area (Å²) in [6, 6.07) is 0. The number of Topliss-reactive ketones (excluding diaryl/α,β-unsaturated/α-hetero) is 1. The third-order valence-corrected chi connectivity index (χ3v) is 1.29. The Morgan fingerprint density at radius 2 is 1.62 bits per heavy atom. The number of hydrogen-bond donors (Lipinski definition) is 2. The van der Waals surface area contributed by atoms with Gasteiger partial charge in [-0.3, -0.25) is 14.4 Å². The molecule has 13 heavy (non-hydrogen) atoms. The van der Waals surface area contributed by atoms with E-state index in [1.54, 1.807) is 0 Å². The van der Waals surface area contributed by atoms with Crippen LogP contribution in [-0.4, -0.2) is 27.7 Å². The van der Waals surface area contributed by atoms with Crippen molar-refractivity contribution in [1.29, 1.82) is 0 Å². The minimum atomic E-state index is -1.71. The van der Waals surface area contributed by atoms with Gasteiger partial charge in [-0.25, -0.2) is 0 Å². The minimum Gasteiger partial charge on any atom is -0.512 e. The smallest absolute Gasteiger partial charge is 0.322 e. The summed E-state index contributed by atoms with van der Waals surface area (Å²) in [4.78, 5) is 32.1. The number of carboxylic acids is 1. The van der Waals surface area contributed by atoms with Crippen LogP contribution in [0.15, 0.2) is 11.8 Å². The topological polar surface area (TPSA) is 91.7 Å². The molecule has 0 aliphatic heterocycles. The van der Waals surface area contributed by atoms with Crippen LogP contribution in [0, 0.1) is 5.92 Å². The summed E-state index contributed by atoms with van der Waals surface area (Å²) in [7, 11) is 0. The van der Waals surface area contributed by atoms with E-state index in [-0.39, 0.29) is 5.76 Å². The van der Waals surface area contributed by atoms with Crippen LogP contribution in [0.25, 0.3) is 0 Å². The van der Waals surface area contributed by atoms with Crippen LogP contribution in [-0.2, 0) is 14.4 Å². The van der Waals surface area contributed by atoms with Crippen molar-refractivity contribution in [1.82, 2.24) is 0 Å². The van der Waals surface area contributed by atoms with Gasteiger partial charge in [0.2, 0.25) is 0 Å². The number of rotatable bonds is 4. The monoisotopic (exact) mass is 186 g/mol. The predicted octanol–water partition coefficient (Wildman–Crippen LogP) is 0.307. The second kappa shape index (κ2) is 4.39. The molecule has 1 unspecified atom stereocenters. The Morgan fingerprint density at radius 3 is 1.85 bits per heavy atom. The molecule has 2 N–H and O–H groups in total. The van der Waals surface area contributed by atoms with E-state index in [0.29, 0.717) is 0 Å². The lowest BCUT2D eigenvalue weighted by Gasteiger charge is -2.03. The van der Waals surface area contributed by atoms with Crippen LogP contribution < -0.4 is 0 Å². The van der Waals surface area contributed by atoms with Crippen molar-refractivity contribution in [2.24, 2.45) is 5.92 Å². The standard InChI is InChI=1S/C8H10O5/c1-4(9)3-6(11)7(5(2)10)8(12)13/h3,7,9H,1-2H3,(H,12,13)/b4-3-. The summed E-state index contributed by atoms with van der Waals surface area (Å²) in [5.74, 6) is -5.20. The molecule has 0 radical (unpaired) electrons. The fraction of sp³-hybridized carbons (Fsp3) is 0.375. The van der Waals surface area contributed by atoms with Crippen molar-refractivity contribution in [3.8, 4) is 0 Å². The zero-order valence-corrected chi connectivity index (χ0v) is 7.27. The molecule has 0 amide bonds. The lowest BCUT2D eigenvalue weighted by molar-refractivity contribution is -0.148. The fourth-order valence-electron chi connectivity index (χ4n) is 0.785. The number of allylic oxidation sites excluding steroid dienone is 2. The van der Waals surface area contributed by atoms with Gasteiger partial charge < -0.3 is 10.2 Å². The van der Waals surface area contributed by atoms with Crippen LogP contribution in [0.2, 0.25) is 0 Å². The number of hydrogen-bond acceptors (Lipinski definition) is 4. The first-order valence-corrected chi connectivity index (χ1v) is 3.50. The highest BCUT2D eigenvalue weighted by Gasteiger charge is 2.29. The van der Waals surface area contributed by atoms with E-state index in [4.69, 9.17) is 10.2 Å². The normalized spacial score (nSPS) is 13.5. The third kappa shape index (κ3) is 3.50. The summed E-state index contributed by atoms with van der Waals surface area (Å²) in [5.41, 5.74) is 0. The Kier molecular flexibility index (Phi) is 3.84. The lowest BCUT2D eigenvalue weighted by atomic mass is 10.00. The number of ketones is 2. The van der Waals surface area contributed by atoms with E-state index in [1.807, 2.05) is 0 Å². The quantitative estimate of drug-likeness (QED) is 0.374. The predicted molar refractivity (Wildman–Crippen MR) is 43.2 cm³/mol. The molecular weight excluding hydrogens is 176 g/mol. The summed E-state index contributed by atoms with van der Waals surface area (Å²) in [5, 5.41) is 17.1. The van der Waals surface area contributed by atoms with Gasteiger partial charge in [-0.1, -0.05) is 0 Å². The molecule has 0 rings (SSSR count). The summed E-state index contributed by atoms with van der Waals surface area (Å²) in [6.07, 6.45) is 0.722. The molecule has 0 aromatic heterocycles. The van der Waals surface area contributed by atoms with Crippen molar-refractivity contribution >= 4 is 17.5 Å². The molecule has 0 saturated heterocycles. The second-order valence-corrected chi connectivity index (χ2v) is 2.57. The van der Waals surface area contributed by atoms with Crippen LogP contribution in [0.1, 0.15) is 13.8 Å². The molecule has 0 aliphatic rings. The molecule has 0 aromatic carbocycles. The number of aliphatic carboxylic acids is 1. The summed E-state index contributed by atoms with van der Waals surface area (Å²) in [6.45, 7) is 2.23. The van der Waals surface area contributed by atoms with Crippen molar-refractivity contribution in [3.63, 3.8) is 0 Å². The van der Waals surface area contributed by atoms with Crippen molar-refractivity contribution in [2.45, 2.75) is 13.8 Å². The Morgan fingerprint density at radius 1 is 1.15 bits per heavy atom. The molecule has 0 saturated carbocycles. The first kappa shape index (κ1) is 11.4. The molecule has 5 heteroatoms. The first-order chi connectivity index (χ1) is 5.86. The Hall–Kier alpha value is -1.65. The number of aliphatic hydroxyl groups is 1. The molecule has 0 bridgehead atoms. The van der Waals surface area contributed by atoms with Gasteiger partial charge >= 0.3 is 5.97 Å². The lowest BCUT2D eigenvalue weighted by Crippen LogP contribution is -2.29. The van der Waals surface area contributed by atoms with Gasteiger partial charge in [-0.2, -0.15) is 0 Å². The zero-order valence-electron chi connectivity index (χ0n) is 7.27. The van der Waals surface area contributed by atoms with E-state index in [9.17, 15) is 14.4 Å². The Bertz CT molecular complexity index is 258. The molecule has 5 nitrogen and oxygen atoms in total. The molecule has 0 aliphatic carbocycles. The van der Waals surface area contributed by atoms with Crippen LogP contribution in [0.3, 0.4) is 0 Å². The average molecular weight is 186 g/mol. The first-order valence-electron chi connectivity index (χ1n) is 3.50. The number of carbonyl (C=O) groups is 3. The number of aliphatic hydroxyl groups excluding tert-OH is 1. The van der Waals surface area contributed by atoms with Gasteiger partial charge in [-0.05, 0) is 13.8 Å². The largest absolute Gasteiger partial charge is 0.512 e. The van der Waals surface area contributed by atoms with Gasteiger partial charge in [-0.15, -0.1) is 0 Å². The van der Waals surface area contributed by atoms with Gasteiger partial charge in [0.25, 0.3) is 0 Å². The molecule has 0 heterocycles. The van der Waals surface area contributed by atoms with E-state index >= 15 is 0 Å². The van der Waals surface area contributed by atoms with Crippen LogP contribution in [0.4, 0.5) is 0 Å². The van der Waals surface area contributed by atoms with Crippen LogP contribution >= 0.6 is 0 Å². The van der Waals surface area contributed by atoms with Crippen molar-refractivity contribution in [2.75, 3.05) is 0 Å². The fourth-order valence-corrected chi connectivity index (χ4v) is 0.785. The average Bonchev–Trinajstić information content (AvgIpc) is 1.81. The molecule has 72 valence electrons. The number of carbonyl (C=O) groups excluding carboxylic acids is 2. The third-order valence-electron chi connectivity index (χ3n) is 1.29. The van der Waals surface area contributed by atoms with E-state index in [0.717, 1.165) is 13.0 Å². The van der Waals surface area contributed by atoms with Crippen molar-refractivity contribution in [3.05, 3.63) is 11.8 Å². The maximum atomic E-state index is 11.0. The highest BCUT2D eigenvalue weighted by Crippen LogP contribution is 2.03. The Labute approximate surface area is 74.7 Å². The SMILES string of the molecule is CC(=O)C(C(=O)O)C(=O)/C=C(/C)O. The van der Waals surface area contributed by atoms with E-state index in [2.05, 4.69) is 0 Å². The molecule has 0 spiro atoms. The summed E-state index contributed by atoms with van der Waals surface area (Å²) < 4.78 is 0. The van der Waals surface area contributed by atoms with Crippen LogP contribution in [0.5, 0.6) is 0 Å². The van der Waals surface area contributed by atoms with Gasteiger partial charge in [0.1, 0.15) is 0 Å². The van der Waals surface area contributed by atoms with Gasteiger partial charge in [0.15, 0.2) is 17.5 Å². The zero-order chi connectivity index (χ0) is 10.6. The maximum Gasteiger partial charge on any atom is 0.322 e. The highest BCUT2D eigenvalue weighted by molar-refractivity contribution is 6.19. The molecule has 1 atom stereocenters. The minimum absolute atomic E-state index is 0.322. The molecular formula is C8H10O5.